The van der Waals surface area contributed by atoms with E-state index >= 15 is 0 Å². The van der Waals surface area contributed by atoms with E-state index in [0.717, 1.165) is 36.3 Å². The number of allylic oxidation sites excluding steroid dienone is 3. The fraction of sp³-hybridized carbons (Fsp3) is 0.786. The minimum atomic E-state index is -0.618. The Bertz CT molecular complexity index is 712. The molecule has 0 bridgehead atoms. The molecule has 0 aromatic rings. The normalized spacial score (nSPS) is 39.0. The molecule has 176 valence electrons. The van der Waals surface area contributed by atoms with Gasteiger partial charge in [0.05, 0.1) is 17.8 Å². The van der Waals surface area contributed by atoms with Crippen LogP contribution in [0.25, 0.3) is 0 Å². The van der Waals surface area contributed by atoms with E-state index in [9.17, 15) is 15.3 Å². The van der Waals surface area contributed by atoms with Crippen molar-refractivity contribution in [3.63, 3.8) is 0 Å². The number of fused-ring (bicyclic) bond motifs is 1. The van der Waals surface area contributed by atoms with Crippen LogP contribution in [-0.4, -0.2) is 33.1 Å². The van der Waals surface area contributed by atoms with Crippen LogP contribution in [0.15, 0.2) is 35.5 Å². The Morgan fingerprint density at radius 2 is 1.90 bits per heavy atom. The van der Waals surface area contributed by atoms with Crippen molar-refractivity contribution in [2.45, 2.75) is 110 Å². The van der Waals surface area contributed by atoms with Gasteiger partial charge >= 0.3 is 0 Å². The van der Waals surface area contributed by atoms with Crippen LogP contribution in [0.4, 0.5) is 0 Å². The lowest BCUT2D eigenvalue weighted by molar-refractivity contribution is 0.0447. The highest BCUT2D eigenvalue weighted by Crippen LogP contribution is 2.60. The van der Waals surface area contributed by atoms with Gasteiger partial charge in [0.25, 0.3) is 0 Å². The van der Waals surface area contributed by atoms with Crippen molar-refractivity contribution >= 4 is 0 Å². The van der Waals surface area contributed by atoms with E-state index in [4.69, 9.17) is 0 Å². The van der Waals surface area contributed by atoms with Crippen molar-refractivity contribution in [1.82, 2.24) is 0 Å². The minimum Gasteiger partial charge on any atom is -0.393 e. The van der Waals surface area contributed by atoms with Crippen molar-refractivity contribution < 1.29 is 15.3 Å². The molecule has 3 N–H and O–H groups in total. The standard InChI is InChI=1S/C28H46O3/c1-18(13-15-27(4,5)31)19(2)24-11-12-25-21(8-7-14-28(24,25)6)9-10-22-16-23(29)17-26(30)20(22)3/h9-10,18-19,23-26,29-31H,3,7-8,11-17H2,1-2,4-6H3/b21-9+,22-10-/t18-,19+,23+,24+,25-,26-,28+/m0/s1. The summed E-state index contributed by atoms with van der Waals surface area (Å²) in [6, 6.07) is 0. The fourth-order valence-corrected chi connectivity index (χ4v) is 6.85. The Labute approximate surface area is 190 Å². The Kier molecular flexibility index (Phi) is 7.61. The molecule has 0 spiro atoms. The minimum absolute atomic E-state index is 0.355. The summed E-state index contributed by atoms with van der Waals surface area (Å²) in [7, 11) is 0. The van der Waals surface area contributed by atoms with Crippen LogP contribution in [-0.2, 0) is 0 Å². The van der Waals surface area contributed by atoms with E-state index < -0.39 is 17.8 Å². The van der Waals surface area contributed by atoms with Gasteiger partial charge in [-0.05, 0) is 105 Å². The van der Waals surface area contributed by atoms with Gasteiger partial charge in [0.15, 0.2) is 0 Å². The third kappa shape index (κ3) is 5.54. The van der Waals surface area contributed by atoms with Crippen molar-refractivity contribution in [1.29, 1.82) is 0 Å². The van der Waals surface area contributed by atoms with Gasteiger partial charge in [0.2, 0.25) is 0 Å². The molecule has 0 aliphatic heterocycles. The predicted molar refractivity (Wildman–Crippen MR) is 129 cm³/mol. The molecule has 3 saturated carbocycles. The highest BCUT2D eigenvalue weighted by Gasteiger charge is 2.51. The molecular formula is C28H46O3. The lowest BCUT2D eigenvalue weighted by atomic mass is 9.59. The molecule has 0 aromatic heterocycles. The number of hydrogen-bond donors (Lipinski definition) is 3. The van der Waals surface area contributed by atoms with Crippen molar-refractivity contribution in [2.24, 2.45) is 29.1 Å². The molecule has 3 nitrogen and oxygen atoms in total. The zero-order chi connectivity index (χ0) is 23.0. The van der Waals surface area contributed by atoms with Crippen LogP contribution < -0.4 is 0 Å². The van der Waals surface area contributed by atoms with Crippen molar-refractivity contribution in [3.8, 4) is 0 Å². The molecular weight excluding hydrogens is 384 g/mol. The monoisotopic (exact) mass is 430 g/mol. The zero-order valence-electron chi connectivity index (χ0n) is 20.5. The molecule has 0 radical (unpaired) electrons. The smallest absolute Gasteiger partial charge is 0.0811 e. The molecule has 31 heavy (non-hydrogen) atoms. The maximum Gasteiger partial charge on any atom is 0.0811 e. The van der Waals surface area contributed by atoms with Crippen LogP contribution in [0.2, 0.25) is 0 Å². The molecule has 0 unspecified atom stereocenters. The summed E-state index contributed by atoms with van der Waals surface area (Å²) in [6.45, 7) is 15.3. The maximum atomic E-state index is 10.2. The third-order valence-electron chi connectivity index (χ3n) is 9.05. The van der Waals surface area contributed by atoms with Gasteiger partial charge in [-0.25, -0.2) is 0 Å². The third-order valence-corrected chi connectivity index (χ3v) is 9.05. The fourth-order valence-electron chi connectivity index (χ4n) is 6.85. The summed E-state index contributed by atoms with van der Waals surface area (Å²) >= 11 is 0. The number of rotatable bonds is 6. The zero-order valence-corrected chi connectivity index (χ0v) is 20.5. The average molecular weight is 431 g/mol. The molecule has 3 rings (SSSR count). The van der Waals surface area contributed by atoms with Gasteiger partial charge in [-0.2, -0.15) is 0 Å². The van der Waals surface area contributed by atoms with Crippen LogP contribution in [0.5, 0.6) is 0 Å². The van der Waals surface area contributed by atoms with Gasteiger partial charge in [0, 0.05) is 6.42 Å². The number of hydrogen-bond acceptors (Lipinski definition) is 3. The van der Waals surface area contributed by atoms with Crippen molar-refractivity contribution in [2.75, 3.05) is 0 Å². The largest absolute Gasteiger partial charge is 0.393 e. The first-order valence-corrected chi connectivity index (χ1v) is 12.6. The first kappa shape index (κ1) is 24.7. The molecule has 3 fully saturated rings. The molecule has 3 aliphatic carbocycles. The lowest BCUT2D eigenvalue weighted by Gasteiger charge is -2.45. The van der Waals surface area contributed by atoms with E-state index in [0.29, 0.717) is 36.0 Å². The van der Waals surface area contributed by atoms with E-state index in [2.05, 4.69) is 39.5 Å². The molecule has 0 aromatic carbocycles. The van der Waals surface area contributed by atoms with Crippen molar-refractivity contribution in [3.05, 3.63) is 35.5 Å². The lowest BCUT2D eigenvalue weighted by Crippen LogP contribution is -2.37. The van der Waals surface area contributed by atoms with Crippen LogP contribution >= 0.6 is 0 Å². The maximum absolute atomic E-state index is 10.2. The van der Waals surface area contributed by atoms with Crippen LogP contribution in [0, 0.1) is 29.1 Å². The summed E-state index contributed by atoms with van der Waals surface area (Å²) in [5.41, 5.74) is 3.12. The number of aliphatic hydroxyl groups excluding tert-OH is 2. The van der Waals surface area contributed by atoms with E-state index in [1.807, 2.05) is 13.8 Å². The molecule has 0 saturated heterocycles. The summed E-state index contributed by atoms with van der Waals surface area (Å²) in [5, 5.41) is 30.4. The second-order valence-corrected chi connectivity index (χ2v) is 11.9. The SMILES string of the molecule is C=C1/C(=C\C=C2/CCC[C@]3(C)[C@@H]([C@H](C)[C@@H](C)CCC(C)(C)O)CC[C@@H]23)C[C@@H](O)C[C@@H]1O. The van der Waals surface area contributed by atoms with Gasteiger partial charge in [-0.1, -0.05) is 45.1 Å². The van der Waals surface area contributed by atoms with Crippen LogP contribution in [0.1, 0.15) is 92.4 Å². The van der Waals surface area contributed by atoms with E-state index in [1.165, 1.54) is 25.7 Å². The van der Waals surface area contributed by atoms with E-state index in [-0.39, 0.29) is 0 Å². The first-order chi connectivity index (χ1) is 14.4. The Hall–Kier alpha value is -0.900. The Balaban J connectivity index is 1.74. The summed E-state index contributed by atoms with van der Waals surface area (Å²) in [6.07, 6.45) is 12.6. The topological polar surface area (TPSA) is 60.7 Å². The van der Waals surface area contributed by atoms with Gasteiger partial charge in [0.1, 0.15) is 0 Å². The molecule has 3 aliphatic rings. The van der Waals surface area contributed by atoms with E-state index in [1.54, 1.807) is 5.57 Å². The van der Waals surface area contributed by atoms with Crippen LogP contribution in [0.3, 0.4) is 0 Å². The molecule has 0 amide bonds. The molecule has 7 atom stereocenters. The summed E-state index contributed by atoms with van der Waals surface area (Å²) in [4.78, 5) is 0. The summed E-state index contributed by atoms with van der Waals surface area (Å²) in [5.74, 6) is 2.66. The average Bonchev–Trinajstić information content (AvgIpc) is 3.04. The quantitative estimate of drug-likeness (QED) is 0.488. The first-order valence-electron chi connectivity index (χ1n) is 12.6. The Morgan fingerprint density at radius 3 is 2.58 bits per heavy atom. The highest BCUT2D eigenvalue weighted by atomic mass is 16.3. The van der Waals surface area contributed by atoms with Gasteiger partial charge in [-0.3, -0.25) is 0 Å². The predicted octanol–water partition coefficient (Wildman–Crippen LogP) is 5.95. The second-order valence-electron chi connectivity index (χ2n) is 11.9. The highest BCUT2D eigenvalue weighted by molar-refractivity contribution is 5.38. The van der Waals surface area contributed by atoms with Gasteiger partial charge in [-0.15, -0.1) is 0 Å². The molecule has 3 heteroatoms. The molecule has 0 heterocycles. The Morgan fingerprint density at radius 1 is 1.19 bits per heavy atom. The second kappa shape index (κ2) is 9.53. The van der Waals surface area contributed by atoms with Gasteiger partial charge < -0.3 is 15.3 Å². The number of aliphatic hydroxyl groups is 3. The summed E-state index contributed by atoms with van der Waals surface area (Å²) < 4.78 is 0.